The summed E-state index contributed by atoms with van der Waals surface area (Å²) in [5.74, 6) is 0.251. The molecule has 0 amide bonds. The molecule has 0 spiro atoms. The van der Waals surface area contributed by atoms with Crippen molar-refractivity contribution in [3.05, 3.63) is 17.5 Å². The van der Waals surface area contributed by atoms with Crippen molar-refractivity contribution in [3.63, 3.8) is 0 Å². The van der Waals surface area contributed by atoms with Crippen LogP contribution >= 0.6 is 0 Å². The number of aryl methyl sites for hydroxylation is 1. The van der Waals surface area contributed by atoms with E-state index in [1.807, 2.05) is 4.68 Å². The summed E-state index contributed by atoms with van der Waals surface area (Å²) in [6.07, 6.45) is 5.74. The molecule has 0 radical (unpaired) electrons. The first-order chi connectivity index (χ1) is 7.97. The van der Waals surface area contributed by atoms with Crippen LogP contribution in [0.5, 0.6) is 0 Å². The van der Waals surface area contributed by atoms with Crippen LogP contribution in [0, 0.1) is 0 Å². The van der Waals surface area contributed by atoms with E-state index in [1.54, 1.807) is 6.20 Å². The first kappa shape index (κ1) is 15.6. The van der Waals surface area contributed by atoms with Gasteiger partial charge in [0.2, 0.25) is 0 Å². The fraction of sp³-hybridized carbons (Fsp3) is 0.692. The maximum absolute atomic E-state index is 12.2. The Morgan fingerprint density at radius 3 is 2.78 bits per heavy atom. The van der Waals surface area contributed by atoms with Crippen molar-refractivity contribution >= 4 is 5.78 Å². The fourth-order valence-corrected chi connectivity index (χ4v) is 2.23. The Bertz CT molecular complexity index is 420. The van der Waals surface area contributed by atoms with Gasteiger partial charge in [0.05, 0.1) is 45.9 Å². The second kappa shape index (κ2) is 6.14. The minimum absolute atomic E-state index is 0. The number of carbonyl (C=O) groups is 1. The molecule has 0 aliphatic carbocycles. The summed E-state index contributed by atoms with van der Waals surface area (Å²) in [5, 5.41) is 4.31. The maximum Gasteiger partial charge on any atom is 0.171 e. The Balaban J connectivity index is 0.00000162. The second-order valence-electron chi connectivity index (χ2n) is 5.87. The molecule has 0 saturated carbocycles. The van der Waals surface area contributed by atoms with E-state index in [4.69, 9.17) is 0 Å². The molecular formula is C13H22IN3O. The van der Waals surface area contributed by atoms with Crippen LogP contribution in [0.4, 0.5) is 0 Å². The average molecular weight is 363 g/mol. The Kier molecular flexibility index (Phi) is 5.33. The number of ketones is 1. The van der Waals surface area contributed by atoms with Gasteiger partial charge < -0.3 is 28.5 Å². The lowest BCUT2D eigenvalue weighted by molar-refractivity contribution is -0.869. The Morgan fingerprint density at radius 1 is 1.39 bits per heavy atom. The number of carbonyl (C=O) groups excluding carboxylic acids is 1. The van der Waals surface area contributed by atoms with Crippen molar-refractivity contribution in [2.45, 2.75) is 32.2 Å². The number of halogens is 1. The molecular weight excluding hydrogens is 341 g/mol. The summed E-state index contributed by atoms with van der Waals surface area (Å²) in [7, 11) is 6.34. The summed E-state index contributed by atoms with van der Waals surface area (Å²) >= 11 is 0. The topological polar surface area (TPSA) is 34.9 Å². The molecule has 0 N–H and O–H groups in total. The van der Waals surface area contributed by atoms with Gasteiger partial charge in [0.25, 0.3) is 0 Å². The Morgan fingerprint density at radius 2 is 2.11 bits per heavy atom. The molecule has 2 rings (SSSR count). The van der Waals surface area contributed by atoms with Gasteiger partial charge in [-0.05, 0) is 19.3 Å². The molecule has 0 fully saturated rings. The van der Waals surface area contributed by atoms with Crippen molar-refractivity contribution in [1.82, 2.24) is 9.78 Å². The molecule has 5 heteroatoms. The van der Waals surface area contributed by atoms with E-state index in [-0.39, 0.29) is 29.8 Å². The summed E-state index contributed by atoms with van der Waals surface area (Å²) in [4.78, 5) is 12.2. The van der Waals surface area contributed by atoms with E-state index >= 15 is 0 Å². The minimum Gasteiger partial charge on any atom is -1.00 e. The largest absolute Gasteiger partial charge is 1.00 e. The van der Waals surface area contributed by atoms with Crippen molar-refractivity contribution in [2.75, 3.05) is 27.7 Å². The Hall–Kier alpha value is -0.430. The van der Waals surface area contributed by atoms with Gasteiger partial charge in [0.1, 0.15) is 0 Å². The predicted octanol–water partition coefficient (Wildman–Crippen LogP) is -1.50. The van der Waals surface area contributed by atoms with Crippen LogP contribution in [0.1, 0.15) is 35.3 Å². The van der Waals surface area contributed by atoms with Crippen LogP contribution in [0.25, 0.3) is 0 Å². The summed E-state index contributed by atoms with van der Waals surface area (Å²) in [5.41, 5.74) is 2.01. The van der Waals surface area contributed by atoms with Crippen LogP contribution in [0.3, 0.4) is 0 Å². The van der Waals surface area contributed by atoms with E-state index in [9.17, 15) is 4.79 Å². The zero-order valence-electron chi connectivity index (χ0n) is 11.4. The van der Waals surface area contributed by atoms with E-state index < -0.39 is 0 Å². The number of hydrogen-bond donors (Lipinski definition) is 0. The normalized spacial score (nSPS) is 14.8. The number of Topliss-reactive ketones (excluding diaryl/α,β-unsaturated/α-hetero) is 1. The smallest absolute Gasteiger partial charge is 0.171 e. The van der Waals surface area contributed by atoms with E-state index in [0.717, 1.165) is 35.3 Å². The molecule has 1 aliphatic rings. The first-order valence-electron chi connectivity index (χ1n) is 6.36. The highest BCUT2D eigenvalue weighted by Gasteiger charge is 2.21. The first-order valence-corrected chi connectivity index (χ1v) is 6.36. The third kappa shape index (κ3) is 3.78. The zero-order chi connectivity index (χ0) is 12.5. The van der Waals surface area contributed by atoms with Gasteiger partial charge in [-0.2, -0.15) is 5.10 Å². The third-order valence-corrected chi connectivity index (χ3v) is 3.29. The van der Waals surface area contributed by atoms with Crippen LogP contribution in [-0.2, 0) is 13.0 Å². The van der Waals surface area contributed by atoms with Gasteiger partial charge in [0.15, 0.2) is 5.78 Å². The number of hydrogen-bond acceptors (Lipinski definition) is 2. The summed E-state index contributed by atoms with van der Waals surface area (Å²) in [6, 6.07) is 0. The molecule has 0 aromatic carbocycles. The highest BCUT2D eigenvalue weighted by atomic mass is 127. The number of rotatable bonds is 4. The Labute approximate surface area is 126 Å². The van der Waals surface area contributed by atoms with Crippen molar-refractivity contribution in [1.29, 1.82) is 0 Å². The monoisotopic (exact) mass is 363 g/mol. The lowest BCUT2D eigenvalue weighted by atomic mass is 10.0. The molecule has 1 aromatic heterocycles. The molecule has 102 valence electrons. The van der Waals surface area contributed by atoms with Gasteiger partial charge in [-0.1, -0.05) is 0 Å². The van der Waals surface area contributed by atoms with E-state index in [0.29, 0.717) is 6.42 Å². The second-order valence-corrected chi connectivity index (χ2v) is 5.87. The average Bonchev–Trinajstić information content (AvgIpc) is 2.68. The van der Waals surface area contributed by atoms with Crippen LogP contribution in [-0.4, -0.2) is 47.7 Å². The highest BCUT2D eigenvalue weighted by molar-refractivity contribution is 5.97. The lowest BCUT2D eigenvalue weighted by Gasteiger charge is -2.23. The van der Waals surface area contributed by atoms with Crippen LogP contribution < -0.4 is 24.0 Å². The standard InChI is InChI=1S/C13H22N3O.HI/c1-16(2,3)9-7-13(17)11-10-14-15-8-5-4-6-12(11)15;/h10H,4-9H2,1-3H3;1H/q+1;/p-1. The van der Waals surface area contributed by atoms with Gasteiger partial charge in [-0.3, -0.25) is 9.48 Å². The molecule has 1 aliphatic heterocycles. The number of nitrogens with zero attached hydrogens (tertiary/aromatic N) is 3. The predicted molar refractivity (Wildman–Crippen MR) is 67.0 cm³/mol. The SMILES string of the molecule is C[N+](C)(C)CCC(=O)c1cnn2c1CCCC2.[I-]. The number of fused-ring (bicyclic) bond motifs is 1. The summed E-state index contributed by atoms with van der Waals surface area (Å²) < 4.78 is 2.83. The molecule has 1 aromatic rings. The fourth-order valence-electron chi connectivity index (χ4n) is 2.23. The van der Waals surface area contributed by atoms with Gasteiger partial charge >= 0.3 is 0 Å². The lowest BCUT2D eigenvalue weighted by Crippen LogP contribution is -3.00. The van der Waals surface area contributed by atoms with Crippen LogP contribution in [0.2, 0.25) is 0 Å². The van der Waals surface area contributed by atoms with Gasteiger partial charge in [-0.25, -0.2) is 0 Å². The molecule has 0 atom stereocenters. The molecule has 18 heavy (non-hydrogen) atoms. The van der Waals surface area contributed by atoms with Gasteiger partial charge in [-0.15, -0.1) is 0 Å². The number of quaternary nitrogens is 1. The highest BCUT2D eigenvalue weighted by Crippen LogP contribution is 2.19. The zero-order valence-corrected chi connectivity index (χ0v) is 13.6. The molecule has 2 heterocycles. The maximum atomic E-state index is 12.2. The molecule has 0 unspecified atom stereocenters. The molecule has 0 bridgehead atoms. The van der Waals surface area contributed by atoms with Crippen molar-refractivity contribution in [3.8, 4) is 0 Å². The van der Waals surface area contributed by atoms with E-state index in [2.05, 4.69) is 26.2 Å². The quantitative estimate of drug-likeness (QED) is 0.371. The van der Waals surface area contributed by atoms with Crippen LogP contribution in [0.15, 0.2) is 6.20 Å². The van der Waals surface area contributed by atoms with E-state index in [1.165, 1.54) is 12.8 Å². The van der Waals surface area contributed by atoms with Crippen molar-refractivity contribution in [2.24, 2.45) is 0 Å². The third-order valence-electron chi connectivity index (χ3n) is 3.29. The van der Waals surface area contributed by atoms with Crippen molar-refractivity contribution < 1.29 is 33.3 Å². The molecule has 0 saturated heterocycles. The number of aromatic nitrogens is 2. The minimum atomic E-state index is 0. The summed E-state index contributed by atoms with van der Waals surface area (Å²) in [6.45, 7) is 1.85. The molecule has 4 nitrogen and oxygen atoms in total. The van der Waals surface area contributed by atoms with Gasteiger partial charge in [0, 0.05) is 12.2 Å².